The van der Waals surface area contributed by atoms with Crippen LogP contribution in [0.5, 0.6) is 0 Å². The number of halogens is 4. The topological polar surface area (TPSA) is 0 Å². The van der Waals surface area contributed by atoms with Crippen LogP contribution in [0.15, 0.2) is 5.83 Å². The summed E-state index contributed by atoms with van der Waals surface area (Å²) in [5, 5.41) is 0. The van der Waals surface area contributed by atoms with Gasteiger partial charge in [-0.05, 0) is 0 Å². The van der Waals surface area contributed by atoms with Gasteiger partial charge in [0.15, 0.2) is 6.33 Å². The van der Waals surface area contributed by atoms with Gasteiger partial charge >= 0.3 is 0 Å². The van der Waals surface area contributed by atoms with E-state index in [-0.39, 0.29) is 6.33 Å². The lowest BCUT2D eigenvalue weighted by molar-refractivity contribution is 0.154. The number of rotatable bonds is 1. The van der Waals surface area contributed by atoms with Gasteiger partial charge in [-0.15, -0.1) is 0 Å². The van der Waals surface area contributed by atoms with Crippen LogP contribution in [0.2, 0.25) is 0 Å². The van der Waals surface area contributed by atoms with Crippen LogP contribution in [-0.4, -0.2) is 6.43 Å². The molecule has 0 amide bonds. The van der Waals surface area contributed by atoms with E-state index >= 15 is 0 Å². The molecule has 1 radical (unpaired) electrons. The largest absolute Gasteiger partial charge is 0.292 e. The molecule has 0 aromatic rings. The van der Waals surface area contributed by atoms with Crippen LogP contribution in [0.25, 0.3) is 0 Å². The lowest BCUT2D eigenvalue weighted by atomic mass is 10.6. The van der Waals surface area contributed by atoms with E-state index in [0.717, 1.165) is 0 Å². The fourth-order valence-corrected chi connectivity index (χ4v) is 0.0412. The summed E-state index contributed by atoms with van der Waals surface area (Å²) in [4.78, 5) is 0. The van der Waals surface area contributed by atoms with E-state index < -0.39 is 12.3 Å². The van der Waals surface area contributed by atoms with Gasteiger partial charge in [0, 0.05) is 0 Å². The molecule has 0 saturated carbocycles. The molecule has 0 bridgehead atoms. The first-order chi connectivity index (χ1) is 3.18. The first-order valence-electron chi connectivity index (χ1n) is 1.35. The van der Waals surface area contributed by atoms with Gasteiger partial charge in [0.05, 0.1) is 0 Å². The third kappa shape index (κ3) is 2.19. The van der Waals surface area contributed by atoms with Crippen LogP contribution in [0.4, 0.5) is 17.6 Å². The molecule has 0 saturated heterocycles. The highest BCUT2D eigenvalue weighted by Crippen LogP contribution is 2.07. The molecule has 0 heterocycles. The van der Waals surface area contributed by atoms with Gasteiger partial charge in [0.2, 0.25) is 5.83 Å². The van der Waals surface area contributed by atoms with Crippen LogP contribution in [0.3, 0.4) is 0 Å². The minimum Gasteiger partial charge on any atom is -0.202 e. The monoisotopic (exact) mass is 113 g/mol. The quantitative estimate of drug-likeness (QED) is 0.455. The minimum absolute atomic E-state index is 0.164. The third-order valence-corrected chi connectivity index (χ3v) is 0.282. The van der Waals surface area contributed by atoms with Crippen LogP contribution in [-0.2, 0) is 0 Å². The van der Waals surface area contributed by atoms with E-state index in [9.17, 15) is 17.6 Å². The average Bonchev–Trinajstić information content (AvgIpc) is 1.65. The zero-order valence-electron chi connectivity index (χ0n) is 3.09. The summed E-state index contributed by atoms with van der Waals surface area (Å²) in [6.45, 7) is 0. The maximum absolute atomic E-state index is 10.9. The Labute approximate surface area is 37.4 Å². The highest BCUT2D eigenvalue weighted by molar-refractivity contribution is 4.82. The Morgan fingerprint density at radius 1 is 1.43 bits per heavy atom. The maximum atomic E-state index is 10.9. The summed E-state index contributed by atoms with van der Waals surface area (Å²) in [7, 11) is 0. The van der Waals surface area contributed by atoms with Crippen molar-refractivity contribution in [1.29, 1.82) is 0 Å². The van der Waals surface area contributed by atoms with Crippen molar-refractivity contribution >= 4 is 0 Å². The van der Waals surface area contributed by atoms with E-state index in [1.54, 1.807) is 0 Å². The van der Waals surface area contributed by atoms with Crippen molar-refractivity contribution < 1.29 is 17.6 Å². The molecule has 41 valence electrons. The second-order valence-corrected chi connectivity index (χ2v) is 0.743. The molecule has 0 aromatic heterocycles. The van der Waals surface area contributed by atoms with Gasteiger partial charge in [0.25, 0.3) is 6.43 Å². The molecule has 0 unspecified atom stereocenters. The van der Waals surface area contributed by atoms with Crippen molar-refractivity contribution in [2.24, 2.45) is 0 Å². The number of hydrogen-bond acceptors (Lipinski definition) is 0. The van der Waals surface area contributed by atoms with Crippen molar-refractivity contribution in [3.05, 3.63) is 12.2 Å². The molecule has 0 aliphatic carbocycles. The maximum Gasteiger partial charge on any atom is 0.292 e. The smallest absolute Gasteiger partial charge is 0.202 e. The van der Waals surface area contributed by atoms with Crippen molar-refractivity contribution in [3.63, 3.8) is 0 Å². The molecular formula is C3HF4. The molecule has 0 fully saturated rings. The van der Waals surface area contributed by atoms with Gasteiger partial charge in [0.1, 0.15) is 0 Å². The molecular weight excluding hydrogens is 112 g/mol. The Balaban J connectivity index is 3.56. The highest BCUT2D eigenvalue weighted by atomic mass is 19.3. The van der Waals surface area contributed by atoms with Crippen molar-refractivity contribution in [1.82, 2.24) is 0 Å². The standard InChI is InChI=1S/C3HF4/c4-1-2(5)3(6)7/h3H. The zero-order valence-corrected chi connectivity index (χ0v) is 3.09. The average molecular weight is 113 g/mol. The van der Waals surface area contributed by atoms with E-state index in [1.165, 1.54) is 0 Å². The lowest BCUT2D eigenvalue weighted by Crippen LogP contribution is -1.87. The predicted octanol–water partition coefficient (Wildman–Crippen LogP) is 1.84. The van der Waals surface area contributed by atoms with Gasteiger partial charge in [-0.3, -0.25) is 0 Å². The van der Waals surface area contributed by atoms with Crippen LogP contribution in [0.1, 0.15) is 0 Å². The zero-order chi connectivity index (χ0) is 5.86. The van der Waals surface area contributed by atoms with Crippen LogP contribution in [0, 0.1) is 6.33 Å². The van der Waals surface area contributed by atoms with Crippen LogP contribution >= 0.6 is 0 Å². The number of alkyl halides is 2. The minimum atomic E-state index is -3.37. The summed E-state index contributed by atoms with van der Waals surface area (Å²) >= 11 is 0. The first kappa shape index (κ1) is 6.46. The Bertz CT molecular complexity index is 75.0. The van der Waals surface area contributed by atoms with E-state index in [4.69, 9.17) is 0 Å². The predicted molar refractivity (Wildman–Crippen MR) is 15.0 cm³/mol. The Morgan fingerprint density at radius 2 is 1.86 bits per heavy atom. The Morgan fingerprint density at radius 3 is 1.86 bits per heavy atom. The number of hydrogen-bond donors (Lipinski definition) is 0. The van der Waals surface area contributed by atoms with E-state index in [1.807, 2.05) is 0 Å². The lowest BCUT2D eigenvalue weighted by Gasteiger charge is -1.84. The molecule has 4 heteroatoms. The molecule has 0 aliphatic rings. The Hall–Kier alpha value is -0.540. The fourth-order valence-electron chi connectivity index (χ4n) is 0.0412. The summed E-state index contributed by atoms with van der Waals surface area (Å²) in [6, 6.07) is 0. The number of allylic oxidation sites excluding steroid dienone is 1. The van der Waals surface area contributed by atoms with Gasteiger partial charge in [-0.1, -0.05) is 0 Å². The summed E-state index contributed by atoms with van der Waals surface area (Å²) in [5.74, 6) is -2.15. The van der Waals surface area contributed by atoms with Gasteiger partial charge in [-0.25, -0.2) is 17.6 Å². The molecule has 0 nitrogen and oxygen atoms in total. The molecule has 0 atom stereocenters. The van der Waals surface area contributed by atoms with Gasteiger partial charge < -0.3 is 0 Å². The molecule has 0 spiro atoms. The first-order valence-corrected chi connectivity index (χ1v) is 1.35. The molecule has 0 N–H and O–H groups in total. The second-order valence-electron chi connectivity index (χ2n) is 0.743. The third-order valence-electron chi connectivity index (χ3n) is 0.282. The molecule has 7 heavy (non-hydrogen) atoms. The molecule has 0 aliphatic heterocycles. The van der Waals surface area contributed by atoms with Crippen molar-refractivity contribution in [2.75, 3.05) is 0 Å². The fraction of sp³-hybridized carbons (Fsp3) is 0.333. The van der Waals surface area contributed by atoms with Crippen molar-refractivity contribution in [2.45, 2.75) is 6.43 Å². The van der Waals surface area contributed by atoms with Crippen LogP contribution < -0.4 is 0 Å². The summed E-state index contributed by atoms with van der Waals surface area (Å²) in [5.41, 5.74) is 0. The normalized spacial score (nSPS) is 13.0. The molecule has 0 aromatic carbocycles. The second kappa shape index (κ2) is 2.60. The molecule has 0 rings (SSSR count). The summed E-state index contributed by atoms with van der Waals surface area (Å²) < 4.78 is 42.9. The SMILES string of the molecule is F/[C]=C(\F)C(F)F. The van der Waals surface area contributed by atoms with Crippen molar-refractivity contribution in [3.8, 4) is 0 Å². The van der Waals surface area contributed by atoms with Gasteiger partial charge in [-0.2, -0.15) is 0 Å². The summed E-state index contributed by atoms with van der Waals surface area (Å²) in [6.07, 6.45) is -3.21. The highest BCUT2D eigenvalue weighted by Gasteiger charge is 2.08. The van der Waals surface area contributed by atoms with E-state index in [0.29, 0.717) is 0 Å². The van der Waals surface area contributed by atoms with E-state index in [2.05, 4.69) is 0 Å². The Kier molecular flexibility index (Phi) is 2.40.